The Kier molecular flexibility index (Phi) is 38.1. The molecule has 6 N–H and O–H groups in total. The maximum Gasteiger partial charge on any atom is 0.472 e. The van der Waals surface area contributed by atoms with Crippen LogP contribution in [0.2, 0.25) is 0 Å². The van der Waals surface area contributed by atoms with Crippen molar-refractivity contribution >= 4 is 27.6 Å². The van der Waals surface area contributed by atoms with Gasteiger partial charge in [-0.2, -0.15) is 0 Å². The molecule has 0 amide bonds. The summed E-state index contributed by atoms with van der Waals surface area (Å²) in [5.41, 5.74) is 0. The third-order valence-corrected chi connectivity index (χ3v) is 11.0. The summed E-state index contributed by atoms with van der Waals surface area (Å²) in [6, 6.07) is 0. The number of hydrogen-bond acceptors (Lipinski definition) is 12. The number of phosphoric acid groups is 2. The molecule has 1 unspecified atom stereocenters. The normalized spacial score (nSPS) is 15.5. The highest BCUT2D eigenvalue weighted by Crippen LogP contribution is 2.43. The molecule has 0 saturated heterocycles. The maximum absolute atomic E-state index is 12.7. The Hall–Kier alpha value is -2.00. The van der Waals surface area contributed by atoms with Crippen LogP contribution < -0.4 is 0 Å². The lowest BCUT2D eigenvalue weighted by molar-refractivity contribution is -0.161. The summed E-state index contributed by atoms with van der Waals surface area (Å²) in [4.78, 5) is 52.8. The molecule has 0 aliphatic carbocycles. The average Bonchev–Trinajstić information content (AvgIpc) is 3.21. The number of hydrogen-bond donors (Lipinski definition) is 6. The Labute approximate surface area is 372 Å². The minimum absolute atomic E-state index is 0.0712. The lowest BCUT2D eigenvalue weighted by atomic mass is 10.0. The van der Waals surface area contributed by atoms with Gasteiger partial charge in [-0.25, -0.2) is 9.13 Å². The Bertz CT molecular complexity index is 1330. The number of aliphatic hydroxyl groups is 3. The number of phosphoric ester groups is 2. The molecule has 5 atom stereocenters. The number of allylic oxidation sites excluding steroid dienone is 7. The van der Waals surface area contributed by atoms with Crippen molar-refractivity contribution in [2.24, 2.45) is 5.92 Å². The molecule has 0 radical (unpaired) electrons. The first kappa shape index (κ1) is 60.0. The molecule has 0 bridgehead atoms. The second-order valence-electron chi connectivity index (χ2n) is 16.1. The van der Waals surface area contributed by atoms with Crippen molar-refractivity contribution in [1.29, 1.82) is 0 Å². The summed E-state index contributed by atoms with van der Waals surface area (Å²) >= 11 is 0. The molecule has 0 rings (SSSR count). The monoisotopic (exact) mass is 925 g/mol. The van der Waals surface area contributed by atoms with E-state index in [9.17, 15) is 38.9 Å². The molecular formula is C45H82O15P2. The van der Waals surface area contributed by atoms with Gasteiger partial charge in [-0.3, -0.25) is 23.2 Å². The summed E-state index contributed by atoms with van der Waals surface area (Å²) in [5, 5.41) is 30.5. The highest BCUT2D eigenvalue weighted by Gasteiger charge is 2.28. The van der Waals surface area contributed by atoms with Crippen LogP contribution in [0.5, 0.6) is 0 Å². The molecule has 362 valence electrons. The average molecular weight is 925 g/mol. The molecule has 0 aromatic rings. The Morgan fingerprint density at radius 2 is 1.00 bits per heavy atom. The number of ether oxygens (including phenoxy) is 2. The second kappa shape index (κ2) is 39.4. The lowest BCUT2D eigenvalue weighted by Crippen LogP contribution is -2.30. The van der Waals surface area contributed by atoms with Crippen molar-refractivity contribution in [2.75, 3.05) is 26.4 Å². The zero-order chi connectivity index (χ0) is 46.3. The predicted molar refractivity (Wildman–Crippen MR) is 242 cm³/mol. The summed E-state index contributed by atoms with van der Waals surface area (Å²) in [6.45, 7) is 3.64. The van der Waals surface area contributed by atoms with Gasteiger partial charge >= 0.3 is 27.6 Å². The summed E-state index contributed by atoms with van der Waals surface area (Å²) in [7, 11) is -9.77. The molecule has 17 heteroatoms. The predicted octanol–water partition coefficient (Wildman–Crippen LogP) is 9.64. The smallest absolute Gasteiger partial charge is 0.462 e. The third-order valence-electron chi connectivity index (χ3n) is 9.60. The fraction of sp³-hybridized carbons (Fsp3) is 0.778. The molecule has 0 aromatic carbocycles. The fourth-order valence-corrected chi connectivity index (χ4v) is 7.19. The van der Waals surface area contributed by atoms with Gasteiger partial charge in [0.1, 0.15) is 12.7 Å². The summed E-state index contributed by atoms with van der Waals surface area (Å²) in [5.74, 6) is -0.530. The van der Waals surface area contributed by atoms with Gasteiger partial charge in [0.15, 0.2) is 6.10 Å². The van der Waals surface area contributed by atoms with Crippen LogP contribution in [0.3, 0.4) is 0 Å². The molecular weight excluding hydrogens is 842 g/mol. The number of aliphatic hydroxyl groups excluding tert-OH is 3. The van der Waals surface area contributed by atoms with Gasteiger partial charge in [0.2, 0.25) is 0 Å². The fourth-order valence-electron chi connectivity index (χ4n) is 6.03. The zero-order valence-electron chi connectivity index (χ0n) is 37.8. The third kappa shape index (κ3) is 42.0. The van der Waals surface area contributed by atoms with Gasteiger partial charge in [0.05, 0.1) is 32.0 Å². The molecule has 0 aliphatic heterocycles. The highest BCUT2D eigenvalue weighted by molar-refractivity contribution is 7.47. The first-order chi connectivity index (χ1) is 29.5. The van der Waals surface area contributed by atoms with Crippen LogP contribution >= 0.6 is 15.6 Å². The van der Waals surface area contributed by atoms with E-state index in [0.717, 1.165) is 50.9 Å². The first-order valence-corrected chi connectivity index (χ1v) is 25.9. The van der Waals surface area contributed by atoms with Crippen LogP contribution in [0.4, 0.5) is 0 Å². The van der Waals surface area contributed by atoms with E-state index in [1.54, 1.807) is 6.08 Å². The van der Waals surface area contributed by atoms with Crippen LogP contribution in [-0.2, 0) is 41.8 Å². The van der Waals surface area contributed by atoms with E-state index in [1.807, 2.05) is 12.2 Å². The number of esters is 2. The Balaban J connectivity index is 4.71. The molecule has 0 heterocycles. The van der Waals surface area contributed by atoms with Crippen LogP contribution in [0, 0.1) is 5.92 Å². The minimum atomic E-state index is -4.89. The quantitative estimate of drug-likeness (QED) is 0.0145. The largest absolute Gasteiger partial charge is 0.472 e. The van der Waals surface area contributed by atoms with E-state index in [4.69, 9.17) is 23.8 Å². The van der Waals surface area contributed by atoms with E-state index in [0.29, 0.717) is 12.8 Å². The molecule has 0 fully saturated rings. The van der Waals surface area contributed by atoms with Crippen molar-refractivity contribution < 1.29 is 71.8 Å². The van der Waals surface area contributed by atoms with Crippen LogP contribution in [0.1, 0.15) is 168 Å². The van der Waals surface area contributed by atoms with Gasteiger partial charge in [0, 0.05) is 12.8 Å². The Morgan fingerprint density at radius 3 is 1.53 bits per heavy atom. The number of unbranched alkanes of at least 4 members (excludes halogenated alkanes) is 12. The van der Waals surface area contributed by atoms with Crippen LogP contribution in [-0.4, -0.2) is 92.8 Å². The molecule has 15 nitrogen and oxygen atoms in total. The molecule has 62 heavy (non-hydrogen) atoms. The van der Waals surface area contributed by atoms with Crippen molar-refractivity contribution in [2.45, 2.75) is 193 Å². The topological polar surface area (TPSA) is 236 Å². The van der Waals surface area contributed by atoms with E-state index in [1.165, 1.54) is 57.8 Å². The number of rotatable bonds is 42. The van der Waals surface area contributed by atoms with Crippen molar-refractivity contribution in [3.05, 3.63) is 48.6 Å². The number of carbonyl (C=O) groups is 2. The summed E-state index contributed by atoms with van der Waals surface area (Å²) < 4.78 is 47.6. The van der Waals surface area contributed by atoms with Crippen LogP contribution in [0.15, 0.2) is 48.6 Å². The molecule has 0 aliphatic rings. The SMILES string of the molecule is CC/C=C\C/C=C\C/C=C\C/C=C\C[C@H](O)[C@@H](O)CCCC(=O)OC[C@H](COP(=O)(O)OC[C@@H](O)COP(=O)(O)O)OC(=O)CCCCCCCCCCCCCCCC(C)C. The van der Waals surface area contributed by atoms with Gasteiger partial charge in [0.25, 0.3) is 0 Å². The standard InChI is InChI=1S/C45H82O15P2/c1-4-5-6-7-8-9-10-15-18-21-24-27-31-42(47)43(48)32-29-34-44(49)56-37-41(38-59-62(54,55)58-36-40(46)35-57-61(51,52)53)60-45(50)33-28-25-22-19-16-13-11-12-14-17-20-23-26-30-39(2)3/h5-6,8-9,15,18,24,27,39-43,46-48H,4,7,10-14,16-17,19-23,25-26,28-38H2,1-3H3,(H,54,55)(H2,51,52,53)/b6-5-,9-8-,18-15-,27-24-/t40-,41+,42-,43-/m0/s1. The minimum Gasteiger partial charge on any atom is -0.462 e. The molecule has 0 aromatic heterocycles. The number of carbonyl (C=O) groups excluding carboxylic acids is 2. The summed E-state index contributed by atoms with van der Waals surface area (Å²) in [6.07, 6.45) is 31.4. The highest BCUT2D eigenvalue weighted by atomic mass is 31.2. The van der Waals surface area contributed by atoms with Gasteiger partial charge in [-0.1, -0.05) is 153 Å². The first-order valence-electron chi connectivity index (χ1n) is 22.9. The second-order valence-corrected chi connectivity index (χ2v) is 18.8. The molecule has 0 saturated carbocycles. The van der Waals surface area contributed by atoms with E-state index in [2.05, 4.69) is 60.2 Å². The van der Waals surface area contributed by atoms with Crippen LogP contribution in [0.25, 0.3) is 0 Å². The zero-order valence-corrected chi connectivity index (χ0v) is 39.6. The van der Waals surface area contributed by atoms with E-state index >= 15 is 0 Å². The Morgan fingerprint density at radius 1 is 0.532 bits per heavy atom. The van der Waals surface area contributed by atoms with Crippen molar-refractivity contribution in [1.82, 2.24) is 0 Å². The van der Waals surface area contributed by atoms with Gasteiger partial charge in [-0.05, 0) is 57.3 Å². The van der Waals surface area contributed by atoms with Gasteiger partial charge < -0.3 is 39.5 Å². The maximum atomic E-state index is 12.7. The van der Waals surface area contributed by atoms with Gasteiger partial charge in [-0.15, -0.1) is 0 Å². The van der Waals surface area contributed by atoms with E-state index in [-0.39, 0.29) is 32.1 Å². The van der Waals surface area contributed by atoms with E-state index < -0.39 is 78.4 Å². The van der Waals surface area contributed by atoms with Crippen molar-refractivity contribution in [3.63, 3.8) is 0 Å². The lowest BCUT2D eigenvalue weighted by Gasteiger charge is -2.20. The molecule has 0 spiro atoms. The van der Waals surface area contributed by atoms with Crippen molar-refractivity contribution in [3.8, 4) is 0 Å².